The van der Waals surface area contributed by atoms with Crippen molar-refractivity contribution in [1.82, 2.24) is 4.98 Å². The van der Waals surface area contributed by atoms with Crippen LogP contribution in [0.2, 0.25) is 0 Å². The van der Waals surface area contributed by atoms with Gasteiger partial charge in [0.05, 0.1) is 12.7 Å². The van der Waals surface area contributed by atoms with E-state index in [2.05, 4.69) is 22.4 Å². The number of rotatable bonds is 6. The first-order valence-corrected chi connectivity index (χ1v) is 9.16. The van der Waals surface area contributed by atoms with Crippen LogP contribution in [0.4, 0.5) is 5.82 Å². The summed E-state index contributed by atoms with van der Waals surface area (Å²) in [4.78, 5) is 16.7. The summed E-state index contributed by atoms with van der Waals surface area (Å²) in [6.07, 6.45) is 3.38. The Hall–Kier alpha value is -2.24. The lowest BCUT2D eigenvalue weighted by atomic mass is 10.0. The van der Waals surface area contributed by atoms with Gasteiger partial charge in [-0.25, -0.2) is 4.98 Å². The third kappa shape index (κ3) is 4.90. The summed E-state index contributed by atoms with van der Waals surface area (Å²) in [6, 6.07) is 12.0. The number of ether oxygens (including phenoxy) is 2. The molecular formula is C21H26N2O3. The number of aromatic nitrogens is 1. The van der Waals surface area contributed by atoms with Crippen LogP contribution in [0.1, 0.15) is 30.5 Å². The van der Waals surface area contributed by atoms with Crippen molar-refractivity contribution in [3.8, 4) is 11.1 Å². The number of hydrogen-bond donors (Lipinski definition) is 1. The van der Waals surface area contributed by atoms with E-state index in [1.54, 1.807) is 0 Å². The van der Waals surface area contributed by atoms with Gasteiger partial charge in [-0.2, -0.15) is 0 Å². The fourth-order valence-electron chi connectivity index (χ4n) is 3.12. The van der Waals surface area contributed by atoms with Crippen LogP contribution in [-0.4, -0.2) is 36.8 Å². The van der Waals surface area contributed by atoms with Gasteiger partial charge in [-0.05, 0) is 55.9 Å². The Kier molecular flexibility index (Phi) is 6.36. The summed E-state index contributed by atoms with van der Waals surface area (Å²) in [5.74, 6) is 0.352. The Morgan fingerprint density at radius 1 is 1.27 bits per heavy atom. The van der Waals surface area contributed by atoms with E-state index < -0.39 is 0 Å². The smallest absolute Gasteiger partial charge is 0.251 e. The largest absolute Gasteiger partial charge is 0.376 e. The normalized spacial score (nSPS) is 17.1. The lowest BCUT2D eigenvalue weighted by Crippen LogP contribution is -2.27. The number of carbonyl (C=O) groups excluding carboxylic acids is 1. The predicted molar refractivity (Wildman–Crippen MR) is 102 cm³/mol. The third-order valence-electron chi connectivity index (χ3n) is 4.68. The molecule has 0 radical (unpaired) electrons. The summed E-state index contributed by atoms with van der Waals surface area (Å²) in [5.41, 5.74) is 4.19. The molecule has 0 saturated carbocycles. The number of nitrogens with zero attached hydrogens (tertiary/aromatic N) is 1. The molecule has 1 aliphatic heterocycles. The second-order valence-corrected chi connectivity index (χ2v) is 6.68. The Morgan fingerprint density at radius 2 is 2.08 bits per heavy atom. The summed E-state index contributed by atoms with van der Waals surface area (Å²) in [6.45, 7) is 5.26. The first-order chi connectivity index (χ1) is 12.6. The number of aryl methyl sites for hydroxylation is 1. The van der Waals surface area contributed by atoms with E-state index in [0.29, 0.717) is 12.4 Å². The minimum absolute atomic E-state index is 0.00906. The number of amides is 1. The molecule has 26 heavy (non-hydrogen) atoms. The zero-order valence-corrected chi connectivity index (χ0v) is 15.5. The molecule has 138 valence electrons. The topological polar surface area (TPSA) is 60.5 Å². The average Bonchev–Trinajstić information content (AvgIpc) is 2.66. The van der Waals surface area contributed by atoms with Crippen molar-refractivity contribution >= 4 is 11.7 Å². The molecule has 2 heterocycles. The van der Waals surface area contributed by atoms with E-state index >= 15 is 0 Å². The van der Waals surface area contributed by atoms with Gasteiger partial charge in [0, 0.05) is 12.3 Å². The minimum Gasteiger partial charge on any atom is -0.376 e. The number of nitrogens with one attached hydrogen (secondary N) is 1. The highest BCUT2D eigenvalue weighted by Crippen LogP contribution is 2.27. The van der Waals surface area contributed by atoms with Gasteiger partial charge in [-0.3, -0.25) is 4.79 Å². The van der Waals surface area contributed by atoms with Crippen molar-refractivity contribution in [1.29, 1.82) is 0 Å². The molecule has 1 aromatic heterocycles. The molecule has 5 heteroatoms. The number of anilines is 1. The fourth-order valence-corrected chi connectivity index (χ4v) is 3.12. The SMILES string of the molecule is Cc1nc(NC(=O)COCC2CCCCO2)cc(-c2ccccc2)c1C. The summed E-state index contributed by atoms with van der Waals surface area (Å²) in [5, 5.41) is 2.84. The average molecular weight is 354 g/mol. The van der Waals surface area contributed by atoms with Crippen molar-refractivity contribution in [3.63, 3.8) is 0 Å². The molecule has 1 amide bonds. The number of benzene rings is 1. The van der Waals surface area contributed by atoms with Gasteiger partial charge in [0.2, 0.25) is 0 Å². The van der Waals surface area contributed by atoms with Crippen molar-refractivity contribution in [2.24, 2.45) is 0 Å². The molecule has 0 aliphatic carbocycles. The van der Waals surface area contributed by atoms with Crippen LogP contribution in [0.25, 0.3) is 11.1 Å². The van der Waals surface area contributed by atoms with Crippen molar-refractivity contribution < 1.29 is 14.3 Å². The molecule has 1 unspecified atom stereocenters. The molecule has 2 aromatic rings. The minimum atomic E-state index is -0.199. The van der Waals surface area contributed by atoms with E-state index in [4.69, 9.17) is 9.47 Å². The van der Waals surface area contributed by atoms with Crippen LogP contribution < -0.4 is 5.32 Å². The second kappa shape index (κ2) is 8.92. The Bertz CT molecular complexity index is 740. The van der Waals surface area contributed by atoms with Gasteiger partial charge in [0.15, 0.2) is 0 Å². The molecule has 1 aromatic carbocycles. The zero-order chi connectivity index (χ0) is 18.4. The van der Waals surface area contributed by atoms with Crippen molar-refractivity contribution in [2.75, 3.05) is 25.1 Å². The molecule has 1 N–H and O–H groups in total. The molecular weight excluding hydrogens is 328 g/mol. The lowest BCUT2D eigenvalue weighted by Gasteiger charge is -2.22. The van der Waals surface area contributed by atoms with Crippen molar-refractivity contribution in [3.05, 3.63) is 47.7 Å². The third-order valence-corrected chi connectivity index (χ3v) is 4.68. The summed E-state index contributed by atoms with van der Waals surface area (Å²) in [7, 11) is 0. The van der Waals surface area contributed by atoms with E-state index in [1.165, 1.54) is 0 Å². The monoisotopic (exact) mass is 354 g/mol. The Morgan fingerprint density at radius 3 is 2.81 bits per heavy atom. The van der Waals surface area contributed by atoms with Crippen LogP contribution in [0.5, 0.6) is 0 Å². The fraction of sp³-hybridized carbons (Fsp3) is 0.429. The molecule has 1 aliphatic rings. The van der Waals surface area contributed by atoms with Gasteiger partial charge in [0.1, 0.15) is 12.4 Å². The molecule has 5 nitrogen and oxygen atoms in total. The second-order valence-electron chi connectivity index (χ2n) is 6.68. The van der Waals surface area contributed by atoms with Crippen molar-refractivity contribution in [2.45, 2.75) is 39.2 Å². The molecule has 1 atom stereocenters. The number of hydrogen-bond acceptors (Lipinski definition) is 4. The maximum Gasteiger partial charge on any atom is 0.251 e. The van der Waals surface area contributed by atoms with E-state index in [-0.39, 0.29) is 18.6 Å². The van der Waals surface area contributed by atoms with Crippen LogP contribution in [0.15, 0.2) is 36.4 Å². The first kappa shape index (κ1) is 18.5. The highest BCUT2D eigenvalue weighted by atomic mass is 16.5. The van der Waals surface area contributed by atoms with Crippen LogP contribution in [0, 0.1) is 13.8 Å². The summed E-state index contributed by atoms with van der Waals surface area (Å²) >= 11 is 0. The highest BCUT2D eigenvalue weighted by molar-refractivity contribution is 5.91. The standard InChI is InChI=1S/C21H26N2O3/c1-15-16(2)22-20(12-19(15)17-8-4-3-5-9-17)23-21(24)14-25-13-18-10-6-7-11-26-18/h3-5,8-9,12,18H,6-7,10-11,13-14H2,1-2H3,(H,22,23,24). The van der Waals surface area contributed by atoms with Gasteiger partial charge >= 0.3 is 0 Å². The van der Waals surface area contributed by atoms with Gasteiger partial charge < -0.3 is 14.8 Å². The van der Waals surface area contributed by atoms with E-state index in [0.717, 1.165) is 48.3 Å². The number of pyridine rings is 1. The number of carbonyl (C=O) groups is 1. The van der Waals surface area contributed by atoms with Gasteiger partial charge in [-0.1, -0.05) is 30.3 Å². The summed E-state index contributed by atoms with van der Waals surface area (Å²) < 4.78 is 11.1. The van der Waals surface area contributed by atoms with E-state index in [1.807, 2.05) is 38.1 Å². The first-order valence-electron chi connectivity index (χ1n) is 9.16. The Balaban J connectivity index is 1.60. The molecule has 1 fully saturated rings. The van der Waals surface area contributed by atoms with Gasteiger partial charge in [0.25, 0.3) is 5.91 Å². The molecule has 3 rings (SSSR count). The van der Waals surface area contributed by atoms with E-state index in [9.17, 15) is 4.79 Å². The maximum atomic E-state index is 12.2. The highest BCUT2D eigenvalue weighted by Gasteiger charge is 2.15. The lowest BCUT2D eigenvalue weighted by molar-refractivity contribution is -0.122. The maximum absolute atomic E-state index is 12.2. The Labute approximate surface area is 154 Å². The quantitative estimate of drug-likeness (QED) is 0.855. The predicted octanol–water partition coefficient (Wildman–Crippen LogP) is 3.89. The van der Waals surface area contributed by atoms with Gasteiger partial charge in [-0.15, -0.1) is 0 Å². The molecule has 0 bridgehead atoms. The molecule has 0 spiro atoms. The zero-order valence-electron chi connectivity index (χ0n) is 15.5. The van der Waals surface area contributed by atoms with Crippen LogP contribution in [0.3, 0.4) is 0 Å². The van der Waals surface area contributed by atoms with Crippen LogP contribution >= 0.6 is 0 Å². The van der Waals surface area contributed by atoms with Crippen LogP contribution in [-0.2, 0) is 14.3 Å². The molecule has 1 saturated heterocycles.